The largest absolute Gasteiger partial charge is 0.481 e. The highest BCUT2D eigenvalue weighted by molar-refractivity contribution is 5.66. The molecule has 0 saturated carbocycles. The molecule has 0 bridgehead atoms. The van der Waals surface area contributed by atoms with Crippen LogP contribution in [0.4, 0.5) is 0 Å². The van der Waals surface area contributed by atoms with E-state index in [-0.39, 0.29) is 18.4 Å². The van der Waals surface area contributed by atoms with Gasteiger partial charge in [0, 0.05) is 12.5 Å². The van der Waals surface area contributed by atoms with E-state index in [1.807, 2.05) is 37.3 Å². The lowest BCUT2D eigenvalue weighted by molar-refractivity contribution is -0.137. The molecule has 0 aliphatic carbocycles. The van der Waals surface area contributed by atoms with Gasteiger partial charge in [0.05, 0.1) is 0 Å². The van der Waals surface area contributed by atoms with Crippen LogP contribution in [0.5, 0.6) is 0 Å². The zero-order valence-corrected chi connectivity index (χ0v) is 8.89. The van der Waals surface area contributed by atoms with Crippen molar-refractivity contribution in [3.8, 4) is 0 Å². The van der Waals surface area contributed by atoms with Crippen LogP contribution in [0.3, 0.4) is 0 Å². The quantitative estimate of drug-likeness (QED) is 0.777. The molecule has 0 fully saturated rings. The molecule has 15 heavy (non-hydrogen) atoms. The molecule has 1 aromatic rings. The van der Waals surface area contributed by atoms with Gasteiger partial charge in [-0.1, -0.05) is 37.3 Å². The summed E-state index contributed by atoms with van der Waals surface area (Å²) in [5.74, 6) is -0.578. The number of carbonyl (C=O) groups is 1. The van der Waals surface area contributed by atoms with Gasteiger partial charge >= 0.3 is 5.97 Å². The molecule has 0 spiro atoms. The van der Waals surface area contributed by atoms with Crippen molar-refractivity contribution in [3.63, 3.8) is 0 Å². The van der Waals surface area contributed by atoms with E-state index >= 15 is 0 Å². The smallest absolute Gasteiger partial charge is 0.303 e. The first-order valence-corrected chi connectivity index (χ1v) is 5.13. The first kappa shape index (κ1) is 11.7. The number of hydrogen-bond acceptors (Lipinski definition) is 2. The highest BCUT2D eigenvalue weighted by atomic mass is 16.4. The summed E-state index contributed by atoms with van der Waals surface area (Å²) in [5, 5.41) is 8.57. The summed E-state index contributed by atoms with van der Waals surface area (Å²) in [6, 6.07) is 9.70. The summed E-state index contributed by atoms with van der Waals surface area (Å²) in [7, 11) is 0. The summed E-state index contributed by atoms with van der Waals surface area (Å²) in [6.07, 6.45) is 0.799. The van der Waals surface area contributed by atoms with Crippen LogP contribution in [0.2, 0.25) is 0 Å². The molecule has 0 radical (unpaired) electrons. The van der Waals surface area contributed by atoms with Crippen LogP contribution in [-0.2, 0) is 4.79 Å². The van der Waals surface area contributed by atoms with Gasteiger partial charge < -0.3 is 10.8 Å². The van der Waals surface area contributed by atoms with Crippen molar-refractivity contribution in [1.29, 1.82) is 0 Å². The topological polar surface area (TPSA) is 63.3 Å². The Bertz CT molecular complexity index is 311. The Hall–Kier alpha value is -1.35. The Labute approximate surface area is 89.9 Å². The Morgan fingerprint density at radius 2 is 2.00 bits per heavy atom. The third kappa shape index (κ3) is 3.72. The van der Waals surface area contributed by atoms with Gasteiger partial charge in [-0.2, -0.15) is 0 Å². The monoisotopic (exact) mass is 207 g/mol. The molecule has 3 heteroatoms. The number of benzene rings is 1. The van der Waals surface area contributed by atoms with Gasteiger partial charge in [-0.25, -0.2) is 0 Å². The number of nitrogens with two attached hydrogens (primary N) is 1. The molecule has 0 saturated heterocycles. The molecule has 2 atom stereocenters. The average molecular weight is 207 g/mol. The van der Waals surface area contributed by atoms with Crippen molar-refractivity contribution in [2.45, 2.75) is 25.8 Å². The second-order valence-corrected chi connectivity index (χ2v) is 3.85. The number of rotatable bonds is 5. The third-order valence-electron chi connectivity index (χ3n) is 2.61. The van der Waals surface area contributed by atoms with Crippen molar-refractivity contribution in [3.05, 3.63) is 35.9 Å². The van der Waals surface area contributed by atoms with Crippen LogP contribution >= 0.6 is 0 Å². The van der Waals surface area contributed by atoms with E-state index in [0.29, 0.717) is 6.42 Å². The Kier molecular flexibility index (Phi) is 4.31. The summed E-state index contributed by atoms with van der Waals surface area (Å²) >= 11 is 0. The highest BCUT2D eigenvalue weighted by Gasteiger charge is 2.15. The summed E-state index contributed by atoms with van der Waals surface area (Å²) in [6.45, 7) is 1.99. The van der Waals surface area contributed by atoms with Gasteiger partial charge in [0.25, 0.3) is 0 Å². The second-order valence-electron chi connectivity index (χ2n) is 3.85. The van der Waals surface area contributed by atoms with Crippen LogP contribution in [-0.4, -0.2) is 11.1 Å². The fourth-order valence-corrected chi connectivity index (χ4v) is 1.53. The Morgan fingerprint density at radius 3 is 2.53 bits per heavy atom. The Balaban J connectivity index is 2.53. The molecule has 3 N–H and O–H groups in total. The van der Waals surface area contributed by atoms with Gasteiger partial charge in [-0.3, -0.25) is 4.79 Å². The normalized spacial score (nSPS) is 14.5. The van der Waals surface area contributed by atoms with E-state index in [0.717, 1.165) is 5.56 Å². The highest BCUT2D eigenvalue weighted by Crippen LogP contribution is 2.22. The van der Waals surface area contributed by atoms with Gasteiger partial charge in [0.1, 0.15) is 0 Å². The van der Waals surface area contributed by atoms with Gasteiger partial charge in [-0.15, -0.1) is 0 Å². The summed E-state index contributed by atoms with van der Waals surface area (Å²) < 4.78 is 0. The number of carboxylic acid groups (broad SMARTS) is 1. The maximum Gasteiger partial charge on any atom is 0.303 e. The van der Waals surface area contributed by atoms with Crippen molar-refractivity contribution in [2.75, 3.05) is 0 Å². The van der Waals surface area contributed by atoms with E-state index < -0.39 is 5.97 Å². The van der Waals surface area contributed by atoms with Crippen LogP contribution in [0, 0.1) is 5.92 Å². The molecule has 0 amide bonds. The lowest BCUT2D eigenvalue weighted by atomic mass is 9.92. The van der Waals surface area contributed by atoms with Crippen molar-refractivity contribution >= 4 is 5.97 Å². The van der Waals surface area contributed by atoms with Crippen LogP contribution < -0.4 is 5.73 Å². The van der Waals surface area contributed by atoms with Crippen molar-refractivity contribution in [1.82, 2.24) is 0 Å². The van der Waals surface area contributed by atoms with E-state index in [1.54, 1.807) is 0 Å². The number of aliphatic carboxylic acids is 1. The molecule has 2 unspecified atom stereocenters. The summed E-state index contributed by atoms with van der Waals surface area (Å²) in [5.41, 5.74) is 7.10. The predicted octanol–water partition coefficient (Wildman–Crippen LogP) is 2.19. The molecule has 3 nitrogen and oxygen atoms in total. The van der Waals surface area contributed by atoms with E-state index in [2.05, 4.69) is 0 Å². The zero-order chi connectivity index (χ0) is 11.3. The minimum Gasteiger partial charge on any atom is -0.481 e. The lowest BCUT2D eigenvalue weighted by Gasteiger charge is -2.19. The predicted molar refractivity (Wildman–Crippen MR) is 59.4 cm³/mol. The molecule has 0 aromatic heterocycles. The first-order valence-electron chi connectivity index (χ1n) is 5.13. The number of hydrogen-bond donors (Lipinski definition) is 2. The molecular formula is C12H17NO2. The molecule has 82 valence electrons. The summed E-state index contributed by atoms with van der Waals surface area (Å²) in [4.78, 5) is 10.4. The lowest BCUT2D eigenvalue weighted by Crippen LogP contribution is -2.19. The first-order chi connectivity index (χ1) is 7.11. The Morgan fingerprint density at radius 1 is 1.40 bits per heavy atom. The molecule has 0 aliphatic heterocycles. The fourth-order valence-electron chi connectivity index (χ4n) is 1.53. The van der Waals surface area contributed by atoms with E-state index in [4.69, 9.17) is 10.8 Å². The second kappa shape index (κ2) is 5.51. The van der Waals surface area contributed by atoms with Crippen LogP contribution in [0.1, 0.15) is 31.4 Å². The van der Waals surface area contributed by atoms with Gasteiger partial charge in [0.15, 0.2) is 0 Å². The average Bonchev–Trinajstić information content (AvgIpc) is 2.26. The van der Waals surface area contributed by atoms with Crippen LogP contribution in [0.15, 0.2) is 30.3 Å². The maximum atomic E-state index is 10.4. The van der Waals surface area contributed by atoms with Crippen molar-refractivity contribution in [2.24, 2.45) is 11.7 Å². The minimum atomic E-state index is -0.762. The van der Waals surface area contributed by atoms with Gasteiger partial charge in [0.2, 0.25) is 0 Å². The van der Waals surface area contributed by atoms with E-state index in [1.165, 1.54) is 0 Å². The zero-order valence-electron chi connectivity index (χ0n) is 8.89. The third-order valence-corrected chi connectivity index (χ3v) is 2.61. The maximum absolute atomic E-state index is 10.4. The standard InChI is InChI=1S/C12H17NO2/c1-9(7-8-11(14)15)12(13)10-5-3-2-4-6-10/h2-6,9,12H,7-8,13H2,1H3,(H,14,15). The molecular weight excluding hydrogens is 190 g/mol. The minimum absolute atomic E-state index is 0.0782. The molecule has 0 aliphatic rings. The fraction of sp³-hybridized carbons (Fsp3) is 0.417. The van der Waals surface area contributed by atoms with E-state index in [9.17, 15) is 4.79 Å². The number of carboxylic acids is 1. The molecule has 0 heterocycles. The van der Waals surface area contributed by atoms with Crippen molar-refractivity contribution < 1.29 is 9.90 Å². The SMILES string of the molecule is CC(CCC(=O)O)C(N)c1ccccc1. The van der Waals surface area contributed by atoms with Crippen LogP contribution in [0.25, 0.3) is 0 Å². The van der Waals surface area contributed by atoms with Gasteiger partial charge in [-0.05, 0) is 17.9 Å². The molecule has 1 rings (SSSR count). The molecule has 1 aromatic carbocycles.